The lowest BCUT2D eigenvalue weighted by Crippen LogP contribution is -2.27. The minimum Gasteiger partial charge on any atom is -0.392 e. The number of halogens is 2. The number of hydrogen-bond acceptors (Lipinski definition) is 2. The van der Waals surface area contributed by atoms with Crippen molar-refractivity contribution in [2.45, 2.75) is 25.4 Å². The van der Waals surface area contributed by atoms with Crippen LogP contribution >= 0.6 is 35.0 Å². The van der Waals surface area contributed by atoms with E-state index in [2.05, 4.69) is 0 Å². The highest BCUT2D eigenvalue weighted by Crippen LogP contribution is 2.29. The maximum atomic E-state index is 10.2. The highest BCUT2D eigenvalue weighted by molar-refractivity contribution is 7.99. The van der Waals surface area contributed by atoms with Crippen LogP contribution in [0.25, 0.3) is 0 Å². The van der Waals surface area contributed by atoms with Crippen molar-refractivity contribution in [3.63, 3.8) is 0 Å². The predicted molar refractivity (Wildman–Crippen MR) is 76.2 cm³/mol. The first-order valence-corrected chi connectivity index (χ1v) is 7.77. The molecule has 0 aliphatic carbocycles. The summed E-state index contributed by atoms with van der Waals surface area (Å²) in [4.78, 5) is 0. The zero-order chi connectivity index (χ0) is 12.3. The summed E-state index contributed by atoms with van der Waals surface area (Å²) in [5.41, 5.74) is 0.947. The van der Waals surface area contributed by atoms with Crippen LogP contribution in [0.5, 0.6) is 0 Å². The molecule has 2 atom stereocenters. The van der Waals surface area contributed by atoms with Gasteiger partial charge in [-0.1, -0.05) is 23.2 Å². The fourth-order valence-corrected chi connectivity index (χ4v) is 3.78. The molecule has 17 heavy (non-hydrogen) atoms. The van der Waals surface area contributed by atoms with Gasteiger partial charge >= 0.3 is 0 Å². The third kappa shape index (κ3) is 3.78. The van der Waals surface area contributed by atoms with Crippen LogP contribution in [0.4, 0.5) is 0 Å². The van der Waals surface area contributed by atoms with E-state index in [1.54, 1.807) is 12.1 Å². The van der Waals surface area contributed by atoms with Crippen LogP contribution in [0, 0.1) is 5.92 Å². The summed E-state index contributed by atoms with van der Waals surface area (Å²) in [5, 5.41) is 11.6. The van der Waals surface area contributed by atoms with Gasteiger partial charge < -0.3 is 5.11 Å². The van der Waals surface area contributed by atoms with E-state index in [0.29, 0.717) is 22.4 Å². The van der Waals surface area contributed by atoms with Crippen LogP contribution in [0.3, 0.4) is 0 Å². The average molecular weight is 291 g/mol. The molecule has 1 saturated heterocycles. The van der Waals surface area contributed by atoms with Crippen LogP contribution < -0.4 is 0 Å². The smallest absolute Gasteiger partial charge is 0.0617 e. The molecule has 4 heteroatoms. The number of aliphatic hydroxyl groups is 1. The van der Waals surface area contributed by atoms with Gasteiger partial charge in [-0.25, -0.2) is 0 Å². The van der Waals surface area contributed by atoms with Crippen molar-refractivity contribution in [1.82, 2.24) is 0 Å². The van der Waals surface area contributed by atoms with Crippen molar-refractivity contribution in [2.75, 3.05) is 11.5 Å². The zero-order valence-electron chi connectivity index (χ0n) is 9.53. The first kappa shape index (κ1) is 13.5. The standard InChI is InChI=1S/C13H16Cl2OS/c14-11-3-4-12(15)10(6-11)7-13(16)9-2-1-5-17-8-9/h3-4,6,9,13,16H,1-2,5,7-8H2. The molecule has 1 fully saturated rings. The Morgan fingerprint density at radius 2 is 2.24 bits per heavy atom. The van der Waals surface area contributed by atoms with E-state index in [0.717, 1.165) is 17.7 Å². The Balaban J connectivity index is 2.01. The van der Waals surface area contributed by atoms with Gasteiger partial charge in [0, 0.05) is 16.5 Å². The van der Waals surface area contributed by atoms with Crippen molar-refractivity contribution < 1.29 is 5.11 Å². The quantitative estimate of drug-likeness (QED) is 0.907. The number of hydrogen-bond donors (Lipinski definition) is 1. The van der Waals surface area contributed by atoms with Crippen LogP contribution in [-0.4, -0.2) is 22.7 Å². The lowest BCUT2D eigenvalue weighted by atomic mass is 9.93. The zero-order valence-corrected chi connectivity index (χ0v) is 11.9. The van der Waals surface area contributed by atoms with E-state index < -0.39 is 0 Å². The van der Waals surface area contributed by atoms with E-state index in [-0.39, 0.29) is 6.10 Å². The highest BCUT2D eigenvalue weighted by Gasteiger charge is 2.22. The molecule has 1 aromatic rings. The topological polar surface area (TPSA) is 20.2 Å². The first-order chi connectivity index (χ1) is 8.16. The Labute approximate surface area is 117 Å². The monoisotopic (exact) mass is 290 g/mol. The van der Waals surface area contributed by atoms with Gasteiger partial charge in [0.25, 0.3) is 0 Å². The lowest BCUT2D eigenvalue weighted by molar-refractivity contribution is 0.113. The predicted octanol–water partition coefficient (Wildman–Crippen LogP) is 4.04. The maximum Gasteiger partial charge on any atom is 0.0617 e. The molecule has 1 nitrogen and oxygen atoms in total. The Morgan fingerprint density at radius 1 is 1.41 bits per heavy atom. The molecule has 2 rings (SSSR count). The second-order valence-electron chi connectivity index (χ2n) is 4.48. The van der Waals surface area contributed by atoms with Gasteiger partial charge in [0.2, 0.25) is 0 Å². The minimum absolute atomic E-state index is 0.307. The molecule has 1 N–H and O–H groups in total. The summed E-state index contributed by atoms with van der Waals surface area (Å²) in [6.07, 6.45) is 2.62. The van der Waals surface area contributed by atoms with Crippen LogP contribution in [0.2, 0.25) is 10.0 Å². The van der Waals surface area contributed by atoms with Gasteiger partial charge in [-0.3, -0.25) is 0 Å². The first-order valence-electron chi connectivity index (χ1n) is 5.86. The summed E-state index contributed by atoms with van der Waals surface area (Å²) in [6.45, 7) is 0. The van der Waals surface area contributed by atoms with E-state index >= 15 is 0 Å². The minimum atomic E-state index is -0.307. The summed E-state index contributed by atoms with van der Waals surface area (Å²) in [6, 6.07) is 5.42. The molecule has 0 radical (unpaired) electrons. The van der Waals surface area contributed by atoms with Crippen molar-refractivity contribution in [2.24, 2.45) is 5.92 Å². The molecular formula is C13H16Cl2OS. The molecule has 0 saturated carbocycles. The molecule has 0 aromatic heterocycles. The maximum absolute atomic E-state index is 10.2. The fourth-order valence-electron chi connectivity index (χ4n) is 2.16. The van der Waals surface area contributed by atoms with E-state index in [1.807, 2.05) is 17.8 Å². The number of thioether (sulfide) groups is 1. The lowest BCUT2D eigenvalue weighted by Gasteiger charge is -2.26. The summed E-state index contributed by atoms with van der Waals surface area (Å²) in [7, 11) is 0. The highest BCUT2D eigenvalue weighted by atomic mass is 35.5. The second-order valence-corrected chi connectivity index (χ2v) is 6.48. The second kappa shape index (κ2) is 6.33. The van der Waals surface area contributed by atoms with E-state index in [4.69, 9.17) is 23.2 Å². The third-order valence-electron chi connectivity index (χ3n) is 3.18. The largest absolute Gasteiger partial charge is 0.392 e. The van der Waals surface area contributed by atoms with Gasteiger partial charge in [-0.15, -0.1) is 0 Å². The molecule has 0 amide bonds. The molecule has 0 bridgehead atoms. The van der Waals surface area contributed by atoms with Crippen LogP contribution in [-0.2, 0) is 6.42 Å². The van der Waals surface area contributed by atoms with Gasteiger partial charge in [0.1, 0.15) is 0 Å². The molecular weight excluding hydrogens is 275 g/mol. The van der Waals surface area contributed by atoms with Gasteiger partial charge in [-0.05, 0) is 54.0 Å². The van der Waals surface area contributed by atoms with Crippen molar-refractivity contribution >= 4 is 35.0 Å². The normalized spacial score (nSPS) is 22.4. The molecule has 2 unspecified atom stereocenters. The molecule has 1 aromatic carbocycles. The summed E-state index contributed by atoms with van der Waals surface area (Å²) in [5.74, 6) is 2.67. The number of aliphatic hydroxyl groups excluding tert-OH is 1. The molecule has 1 heterocycles. The Kier molecular flexibility index (Phi) is 5.04. The van der Waals surface area contributed by atoms with Crippen molar-refractivity contribution in [1.29, 1.82) is 0 Å². The Bertz CT molecular complexity index is 378. The van der Waals surface area contributed by atoms with Gasteiger partial charge in [0.15, 0.2) is 0 Å². The van der Waals surface area contributed by atoms with Crippen molar-refractivity contribution in [3.8, 4) is 0 Å². The van der Waals surface area contributed by atoms with E-state index in [9.17, 15) is 5.11 Å². The molecule has 1 aliphatic rings. The van der Waals surface area contributed by atoms with Gasteiger partial charge in [-0.2, -0.15) is 11.8 Å². The van der Waals surface area contributed by atoms with Crippen LogP contribution in [0.15, 0.2) is 18.2 Å². The summed E-state index contributed by atoms with van der Waals surface area (Å²) < 4.78 is 0. The molecule has 1 aliphatic heterocycles. The SMILES string of the molecule is OC(Cc1cc(Cl)ccc1Cl)C1CCCSC1. The van der Waals surface area contributed by atoms with Gasteiger partial charge in [0.05, 0.1) is 6.10 Å². The molecule has 0 spiro atoms. The van der Waals surface area contributed by atoms with E-state index in [1.165, 1.54) is 12.2 Å². The van der Waals surface area contributed by atoms with Crippen molar-refractivity contribution in [3.05, 3.63) is 33.8 Å². The van der Waals surface area contributed by atoms with Crippen LogP contribution in [0.1, 0.15) is 18.4 Å². The number of rotatable bonds is 3. The molecule has 94 valence electrons. The Morgan fingerprint density at radius 3 is 2.94 bits per heavy atom. The Hall–Kier alpha value is 0.110. The third-order valence-corrected chi connectivity index (χ3v) is 5.02. The average Bonchev–Trinajstić information content (AvgIpc) is 2.35. The summed E-state index contributed by atoms with van der Waals surface area (Å²) >= 11 is 14.0. The number of benzene rings is 1. The fraction of sp³-hybridized carbons (Fsp3) is 0.538.